The molecular formula is C26H29N7O2S. The first kappa shape index (κ1) is 24.1. The molecule has 0 unspecified atom stereocenters. The minimum Gasteiger partial charge on any atom is -0.370 e. The molecule has 1 saturated heterocycles. The number of sulfonamides is 1. The Balaban J connectivity index is 1.29. The second-order valence-corrected chi connectivity index (χ2v) is 10.5. The van der Waals surface area contributed by atoms with E-state index in [4.69, 9.17) is 10.1 Å². The van der Waals surface area contributed by atoms with Gasteiger partial charge in [-0.3, -0.25) is 0 Å². The molecule has 2 aromatic carbocycles. The number of nitrogens with two attached hydrogens (primary N) is 1. The average Bonchev–Trinajstić information content (AvgIpc) is 3.40. The normalized spacial score (nSPS) is 14.2. The standard InChI is InChI=1S/C26H29N7O2S/c27-36(34,35)22-10-8-21(9-11-22)31-26-30-18-20-5-3-6-23(25(20)32-26)19-7-12-24(29-17-19)28-13-4-16-33-14-1-2-15-33/h3,5-12,17-18H,1-2,4,13-16H2,(H,28,29)(H2,27,34,35)(H,30,31,32). The first-order valence-corrected chi connectivity index (χ1v) is 13.6. The van der Waals surface area contributed by atoms with Crippen molar-refractivity contribution in [2.75, 3.05) is 36.8 Å². The SMILES string of the molecule is NS(=O)(=O)c1ccc(Nc2ncc3cccc(-c4ccc(NCCCN5CCCC5)nc4)c3n2)cc1. The van der Waals surface area contributed by atoms with E-state index in [0.29, 0.717) is 11.6 Å². The molecule has 4 aromatic rings. The maximum absolute atomic E-state index is 11.5. The lowest BCUT2D eigenvalue weighted by Gasteiger charge is -2.14. The number of aromatic nitrogens is 3. The Hall–Kier alpha value is -3.60. The van der Waals surface area contributed by atoms with Crippen molar-refractivity contribution in [3.63, 3.8) is 0 Å². The molecule has 0 atom stereocenters. The van der Waals surface area contributed by atoms with Gasteiger partial charge in [-0.05, 0) is 75.3 Å². The summed E-state index contributed by atoms with van der Waals surface area (Å²) in [6.07, 6.45) is 7.36. The molecule has 2 aromatic heterocycles. The molecule has 3 heterocycles. The molecular weight excluding hydrogens is 474 g/mol. The number of likely N-dealkylation sites (tertiary alicyclic amines) is 1. The number of hydrogen-bond acceptors (Lipinski definition) is 8. The number of rotatable bonds is 9. The topological polar surface area (TPSA) is 126 Å². The zero-order valence-electron chi connectivity index (χ0n) is 19.9. The zero-order valence-corrected chi connectivity index (χ0v) is 20.7. The van der Waals surface area contributed by atoms with Gasteiger partial charge < -0.3 is 15.5 Å². The van der Waals surface area contributed by atoms with E-state index in [1.165, 1.54) is 38.1 Å². The van der Waals surface area contributed by atoms with Gasteiger partial charge in [-0.1, -0.05) is 18.2 Å². The van der Waals surface area contributed by atoms with Crippen molar-refractivity contribution in [2.45, 2.75) is 24.2 Å². The summed E-state index contributed by atoms with van der Waals surface area (Å²) in [6.45, 7) is 4.48. The summed E-state index contributed by atoms with van der Waals surface area (Å²) in [5, 5.41) is 12.6. The van der Waals surface area contributed by atoms with Gasteiger partial charge in [-0.15, -0.1) is 0 Å². The maximum atomic E-state index is 11.5. The van der Waals surface area contributed by atoms with Crippen LogP contribution in [0, 0.1) is 0 Å². The van der Waals surface area contributed by atoms with Crippen LogP contribution in [0.3, 0.4) is 0 Å². The molecule has 0 radical (unpaired) electrons. The Labute approximate surface area is 210 Å². The van der Waals surface area contributed by atoms with Crippen LogP contribution in [0.15, 0.2) is 71.9 Å². The number of nitrogens with zero attached hydrogens (tertiary/aromatic N) is 4. The lowest BCUT2D eigenvalue weighted by molar-refractivity contribution is 0.337. The van der Waals surface area contributed by atoms with Gasteiger partial charge >= 0.3 is 0 Å². The van der Waals surface area contributed by atoms with E-state index in [9.17, 15) is 8.42 Å². The molecule has 0 saturated carbocycles. The third-order valence-electron chi connectivity index (χ3n) is 6.28. The van der Waals surface area contributed by atoms with E-state index in [-0.39, 0.29) is 4.90 Å². The third-order valence-corrected chi connectivity index (χ3v) is 7.21. The minimum atomic E-state index is -3.74. The molecule has 0 spiro atoms. The van der Waals surface area contributed by atoms with E-state index in [2.05, 4.69) is 25.5 Å². The molecule has 1 aliphatic rings. The molecule has 0 amide bonds. The predicted octanol–water partition coefficient (Wildman–Crippen LogP) is 3.98. The van der Waals surface area contributed by atoms with Gasteiger partial charge in [0.15, 0.2) is 0 Å². The lowest BCUT2D eigenvalue weighted by atomic mass is 10.0. The van der Waals surface area contributed by atoms with Gasteiger partial charge in [-0.25, -0.2) is 28.5 Å². The van der Waals surface area contributed by atoms with Crippen LogP contribution in [-0.4, -0.2) is 54.4 Å². The average molecular weight is 504 g/mol. The van der Waals surface area contributed by atoms with Crippen molar-refractivity contribution >= 4 is 38.4 Å². The minimum absolute atomic E-state index is 0.0480. The van der Waals surface area contributed by atoms with Crippen LogP contribution >= 0.6 is 0 Å². The fourth-order valence-electron chi connectivity index (χ4n) is 4.39. The summed E-state index contributed by atoms with van der Waals surface area (Å²) in [4.78, 5) is 16.3. The van der Waals surface area contributed by atoms with Crippen molar-refractivity contribution in [1.29, 1.82) is 0 Å². The largest absolute Gasteiger partial charge is 0.370 e. The molecule has 36 heavy (non-hydrogen) atoms. The van der Waals surface area contributed by atoms with Gasteiger partial charge in [0.05, 0.1) is 10.4 Å². The highest BCUT2D eigenvalue weighted by atomic mass is 32.2. The molecule has 0 aliphatic carbocycles. The molecule has 10 heteroatoms. The molecule has 9 nitrogen and oxygen atoms in total. The van der Waals surface area contributed by atoms with Crippen LogP contribution in [0.1, 0.15) is 19.3 Å². The summed E-state index contributed by atoms with van der Waals surface area (Å²) in [7, 11) is -3.74. The Bertz CT molecular complexity index is 1440. The molecule has 4 N–H and O–H groups in total. The first-order chi connectivity index (χ1) is 17.5. The predicted molar refractivity (Wildman–Crippen MR) is 143 cm³/mol. The monoisotopic (exact) mass is 503 g/mol. The first-order valence-electron chi connectivity index (χ1n) is 12.0. The summed E-state index contributed by atoms with van der Waals surface area (Å²) in [6, 6.07) is 16.1. The van der Waals surface area contributed by atoms with Crippen molar-refractivity contribution in [3.05, 3.63) is 67.0 Å². The highest BCUT2D eigenvalue weighted by Gasteiger charge is 2.11. The number of nitrogens with one attached hydrogen (secondary N) is 2. The van der Waals surface area contributed by atoms with E-state index in [1.54, 1.807) is 18.3 Å². The van der Waals surface area contributed by atoms with E-state index in [1.807, 2.05) is 36.5 Å². The molecule has 0 bridgehead atoms. The van der Waals surface area contributed by atoms with Crippen molar-refractivity contribution in [3.8, 4) is 11.1 Å². The number of anilines is 3. The summed E-state index contributed by atoms with van der Waals surface area (Å²) in [5.74, 6) is 1.27. The Morgan fingerprint density at radius 2 is 1.75 bits per heavy atom. The van der Waals surface area contributed by atoms with Crippen LogP contribution in [0.2, 0.25) is 0 Å². The summed E-state index contributed by atoms with van der Waals surface area (Å²) in [5.41, 5.74) is 3.37. The Kier molecular flexibility index (Phi) is 7.08. The fraction of sp³-hybridized carbons (Fsp3) is 0.269. The van der Waals surface area contributed by atoms with Crippen LogP contribution in [-0.2, 0) is 10.0 Å². The van der Waals surface area contributed by atoms with Crippen LogP contribution in [0.5, 0.6) is 0 Å². The van der Waals surface area contributed by atoms with Crippen molar-refractivity contribution in [1.82, 2.24) is 19.9 Å². The van der Waals surface area contributed by atoms with Gasteiger partial charge in [-0.2, -0.15) is 0 Å². The van der Waals surface area contributed by atoms with Crippen LogP contribution in [0.25, 0.3) is 22.0 Å². The summed E-state index contributed by atoms with van der Waals surface area (Å²) >= 11 is 0. The van der Waals surface area contributed by atoms with Crippen LogP contribution < -0.4 is 15.8 Å². The van der Waals surface area contributed by atoms with Crippen molar-refractivity contribution < 1.29 is 8.42 Å². The third kappa shape index (κ3) is 5.78. The van der Waals surface area contributed by atoms with E-state index < -0.39 is 10.0 Å². The zero-order chi connectivity index (χ0) is 25.0. The van der Waals surface area contributed by atoms with Gasteiger partial charge in [0.2, 0.25) is 16.0 Å². The van der Waals surface area contributed by atoms with E-state index in [0.717, 1.165) is 47.4 Å². The summed E-state index contributed by atoms with van der Waals surface area (Å²) < 4.78 is 23.0. The number of para-hydroxylation sites is 1. The van der Waals surface area contributed by atoms with Crippen molar-refractivity contribution in [2.24, 2.45) is 5.14 Å². The Morgan fingerprint density at radius 3 is 2.47 bits per heavy atom. The molecule has 1 aliphatic heterocycles. The highest BCUT2D eigenvalue weighted by Crippen LogP contribution is 2.28. The fourth-order valence-corrected chi connectivity index (χ4v) is 4.90. The second-order valence-electron chi connectivity index (χ2n) is 8.89. The molecule has 5 rings (SSSR count). The Morgan fingerprint density at radius 1 is 0.944 bits per heavy atom. The second kappa shape index (κ2) is 10.6. The van der Waals surface area contributed by atoms with Gasteiger partial charge in [0.1, 0.15) is 5.82 Å². The highest BCUT2D eigenvalue weighted by molar-refractivity contribution is 7.89. The maximum Gasteiger partial charge on any atom is 0.238 e. The number of primary sulfonamides is 1. The number of pyridine rings is 1. The van der Waals surface area contributed by atoms with Crippen LogP contribution in [0.4, 0.5) is 17.5 Å². The van der Waals surface area contributed by atoms with Gasteiger partial charge in [0, 0.05) is 41.1 Å². The lowest BCUT2D eigenvalue weighted by Crippen LogP contribution is -2.22. The smallest absolute Gasteiger partial charge is 0.238 e. The molecule has 1 fully saturated rings. The number of hydrogen-bond donors (Lipinski definition) is 3. The quantitative estimate of drug-likeness (QED) is 0.293. The number of benzene rings is 2. The molecule has 186 valence electrons. The number of fused-ring (bicyclic) bond motifs is 1. The van der Waals surface area contributed by atoms with Gasteiger partial charge in [0.25, 0.3) is 0 Å². The van der Waals surface area contributed by atoms with E-state index >= 15 is 0 Å².